The van der Waals surface area contributed by atoms with E-state index in [4.69, 9.17) is 14.2 Å². The van der Waals surface area contributed by atoms with Gasteiger partial charge in [0, 0.05) is 19.3 Å². The summed E-state index contributed by atoms with van der Waals surface area (Å²) in [7, 11) is 0. The van der Waals surface area contributed by atoms with Crippen LogP contribution in [0.15, 0.2) is 146 Å². The quantitative estimate of drug-likeness (QED) is 0.0261. The Morgan fingerprint density at radius 2 is 0.481 bits per heavy atom. The Balaban J connectivity index is 4.46. The Morgan fingerprint density at radius 1 is 0.259 bits per heavy atom. The second-order valence-electron chi connectivity index (χ2n) is 21.6. The van der Waals surface area contributed by atoms with E-state index < -0.39 is 6.10 Å². The standard InChI is InChI=1S/C75H122O6/c1-4-7-10-13-16-19-22-25-28-30-32-34-35-36-37-38-39-41-42-44-47-50-53-56-59-62-65-68-74(77)80-71-72(70-79-73(76)67-64-61-58-55-52-49-46-27-24-21-18-15-12-9-6-3)81-75(78)69-66-63-60-57-54-51-48-45-43-40-33-31-29-26-23-20-17-14-11-8-5-2/h7,10,16,18-19,21,23,25-28,31-34,36-37,39,41,43-47,72H,4-6,8-9,11-15,17,20,22,24,29-30,35,38,40,42,48-71H2,1-3H3/b10-7-,19-16-,21-18-,26-23-,28-25-,33-31-,34-32-,37-36-,41-39-,45-43-,46-27-,47-44-. The molecule has 0 aliphatic heterocycles. The average Bonchev–Trinajstić information content (AvgIpc) is 3.47. The zero-order chi connectivity index (χ0) is 58.5. The summed E-state index contributed by atoms with van der Waals surface area (Å²) in [5.41, 5.74) is 0. The summed E-state index contributed by atoms with van der Waals surface area (Å²) in [6.45, 7) is 6.46. The van der Waals surface area contributed by atoms with Crippen LogP contribution in [0, 0.1) is 0 Å². The minimum atomic E-state index is -0.808. The van der Waals surface area contributed by atoms with E-state index >= 15 is 0 Å². The van der Waals surface area contributed by atoms with E-state index in [1.54, 1.807) is 0 Å². The lowest BCUT2D eigenvalue weighted by Crippen LogP contribution is -2.30. The van der Waals surface area contributed by atoms with Crippen molar-refractivity contribution in [1.82, 2.24) is 0 Å². The van der Waals surface area contributed by atoms with Crippen molar-refractivity contribution >= 4 is 17.9 Å². The fourth-order valence-corrected chi connectivity index (χ4v) is 8.81. The summed E-state index contributed by atoms with van der Waals surface area (Å²) in [6.07, 6.45) is 97.0. The highest BCUT2D eigenvalue weighted by Crippen LogP contribution is 2.14. The molecule has 0 saturated carbocycles. The molecule has 0 aromatic carbocycles. The number of carbonyl (C=O) groups excluding carboxylic acids is 3. The lowest BCUT2D eigenvalue weighted by Gasteiger charge is -2.18. The summed E-state index contributed by atoms with van der Waals surface area (Å²) in [4.78, 5) is 38.4. The number of hydrogen-bond donors (Lipinski definition) is 0. The van der Waals surface area contributed by atoms with Gasteiger partial charge in [-0.05, 0) is 148 Å². The lowest BCUT2D eigenvalue weighted by atomic mass is 10.1. The molecular formula is C75H122O6. The molecule has 0 radical (unpaired) electrons. The minimum Gasteiger partial charge on any atom is -0.462 e. The zero-order valence-corrected chi connectivity index (χ0v) is 52.5. The van der Waals surface area contributed by atoms with Gasteiger partial charge in [0.05, 0.1) is 0 Å². The molecule has 0 aliphatic carbocycles. The van der Waals surface area contributed by atoms with Crippen LogP contribution in [0.1, 0.15) is 290 Å². The maximum atomic E-state index is 12.9. The fourth-order valence-electron chi connectivity index (χ4n) is 8.81. The van der Waals surface area contributed by atoms with Gasteiger partial charge in [0.2, 0.25) is 0 Å². The molecule has 0 saturated heterocycles. The van der Waals surface area contributed by atoms with Crippen molar-refractivity contribution in [1.29, 1.82) is 0 Å². The lowest BCUT2D eigenvalue weighted by molar-refractivity contribution is -0.167. The van der Waals surface area contributed by atoms with Gasteiger partial charge in [-0.1, -0.05) is 269 Å². The van der Waals surface area contributed by atoms with E-state index in [2.05, 4.69) is 167 Å². The molecule has 1 unspecified atom stereocenters. The van der Waals surface area contributed by atoms with E-state index in [0.717, 1.165) is 173 Å². The van der Waals surface area contributed by atoms with Crippen LogP contribution in [0.2, 0.25) is 0 Å². The van der Waals surface area contributed by atoms with Gasteiger partial charge < -0.3 is 14.2 Å². The molecule has 0 fully saturated rings. The number of ether oxygens (including phenoxy) is 3. The summed E-state index contributed by atoms with van der Waals surface area (Å²) in [5.74, 6) is -0.945. The first kappa shape index (κ1) is 76.3. The Kier molecular flexibility index (Phi) is 63.9. The molecule has 0 aromatic heterocycles. The Bertz CT molecular complexity index is 1760. The van der Waals surface area contributed by atoms with E-state index in [0.29, 0.717) is 19.3 Å². The van der Waals surface area contributed by atoms with Gasteiger partial charge in [0.15, 0.2) is 6.10 Å². The molecule has 0 heterocycles. The summed E-state index contributed by atoms with van der Waals surface area (Å²) in [5, 5.41) is 0. The van der Waals surface area contributed by atoms with Crippen LogP contribution in [0.25, 0.3) is 0 Å². The van der Waals surface area contributed by atoms with Gasteiger partial charge in [-0.15, -0.1) is 0 Å². The number of carbonyl (C=O) groups is 3. The number of esters is 3. The van der Waals surface area contributed by atoms with Crippen LogP contribution < -0.4 is 0 Å². The Morgan fingerprint density at radius 3 is 0.778 bits per heavy atom. The highest BCUT2D eigenvalue weighted by Gasteiger charge is 2.19. The predicted molar refractivity (Wildman–Crippen MR) is 352 cm³/mol. The number of allylic oxidation sites excluding steroid dienone is 24. The van der Waals surface area contributed by atoms with Crippen LogP contribution in [0.3, 0.4) is 0 Å². The van der Waals surface area contributed by atoms with Crippen molar-refractivity contribution in [2.75, 3.05) is 13.2 Å². The van der Waals surface area contributed by atoms with Crippen LogP contribution >= 0.6 is 0 Å². The summed E-state index contributed by atoms with van der Waals surface area (Å²) < 4.78 is 16.9. The summed E-state index contributed by atoms with van der Waals surface area (Å²) >= 11 is 0. The van der Waals surface area contributed by atoms with Crippen molar-refractivity contribution < 1.29 is 28.6 Å². The largest absolute Gasteiger partial charge is 0.462 e. The predicted octanol–water partition coefficient (Wildman–Crippen LogP) is 23.1. The Hall–Kier alpha value is -4.71. The minimum absolute atomic E-state index is 0.102. The van der Waals surface area contributed by atoms with Crippen LogP contribution in [0.5, 0.6) is 0 Å². The third-order valence-corrected chi connectivity index (χ3v) is 13.8. The molecule has 1 atom stereocenters. The third-order valence-electron chi connectivity index (χ3n) is 13.8. The van der Waals surface area contributed by atoms with E-state index in [-0.39, 0.29) is 31.1 Å². The van der Waals surface area contributed by atoms with E-state index in [1.165, 1.54) is 77.0 Å². The molecule has 458 valence electrons. The van der Waals surface area contributed by atoms with Gasteiger partial charge >= 0.3 is 17.9 Å². The smallest absolute Gasteiger partial charge is 0.306 e. The first-order valence-corrected chi connectivity index (χ1v) is 33.3. The van der Waals surface area contributed by atoms with Crippen LogP contribution in [-0.2, 0) is 28.6 Å². The van der Waals surface area contributed by atoms with E-state index in [1.807, 2.05) is 0 Å². The second kappa shape index (κ2) is 67.8. The molecule has 0 rings (SSSR count). The molecule has 0 amide bonds. The van der Waals surface area contributed by atoms with Gasteiger partial charge in [-0.2, -0.15) is 0 Å². The normalized spacial score (nSPS) is 13.1. The topological polar surface area (TPSA) is 78.9 Å². The maximum absolute atomic E-state index is 12.9. The van der Waals surface area contributed by atoms with Gasteiger partial charge in [-0.25, -0.2) is 0 Å². The highest BCUT2D eigenvalue weighted by atomic mass is 16.6. The average molecular weight is 1120 g/mol. The molecule has 0 spiro atoms. The first-order valence-electron chi connectivity index (χ1n) is 33.3. The summed E-state index contributed by atoms with van der Waals surface area (Å²) in [6, 6.07) is 0. The van der Waals surface area contributed by atoms with Crippen LogP contribution in [-0.4, -0.2) is 37.2 Å². The molecule has 0 aromatic rings. The van der Waals surface area contributed by atoms with Crippen LogP contribution in [0.4, 0.5) is 0 Å². The maximum Gasteiger partial charge on any atom is 0.306 e. The second-order valence-corrected chi connectivity index (χ2v) is 21.6. The van der Waals surface area contributed by atoms with Gasteiger partial charge in [0.1, 0.15) is 13.2 Å². The first-order chi connectivity index (χ1) is 40.0. The Labute approximate surface area is 499 Å². The van der Waals surface area contributed by atoms with Crippen molar-refractivity contribution in [3.63, 3.8) is 0 Å². The molecule has 0 N–H and O–H groups in total. The monoisotopic (exact) mass is 1120 g/mol. The zero-order valence-electron chi connectivity index (χ0n) is 52.5. The fraction of sp³-hybridized carbons (Fsp3) is 0.640. The third kappa shape index (κ3) is 66.0. The highest BCUT2D eigenvalue weighted by molar-refractivity contribution is 5.71. The molecule has 6 heteroatoms. The van der Waals surface area contributed by atoms with Crippen molar-refractivity contribution in [2.24, 2.45) is 0 Å². The van der Waals surface area contributed by atoms with Gasteiger partial charge in [-0.3, -0.25) is 14.4 Å². The molecule has 6 nitrogen and oxygen atoms in total. The van der Waals surface area contributed by atoms with Crippen molar-refractivity contribution in [3.8, 4) is 0 Å². The SMILES string of the molecule is CC/C=C\C/C=C\C/C=C\C/C=C\C/C=C\C/C=C\C/C=C\CCCCCCCC(=O)OCC(COC(=O)CCCCCCC/C=C\C/C=C\CCCCC)OC(=O)CCCCCCCC/C=C\C/C=C\C/C=C\CCCCCCC. The molecule has 0 bridgehead atoms. The van der Waals surface area contributed by atoms with E-state index in [9.17, 15) is 14.4 Å². The molecule has 0 aliphatic rings. The number of rotatable bonds is 59. The number of hydrogen-bond acceptors (Lipinski definition) is 6. The van der Waals surface area contributed by atoms with Gasteiger partial charge in [0.25, 0.3) is 0 Å². The molecular weight excluding hydrogens is 997 g/mol. The number of unbranched alkanes of at least 4 members (excludes halogenated alkanes) is 24. The van der Waals surface area contributed by atoms with Crippen molar-refractivity contribution in [3.05, 3.63) is 146 Å². The van der Waals surface area contributed by atoms with Crippen molar-refractivity contribution in [2.45, 2.75) is 297 Å². The molecule has 81 heavy (non-hydrogen) atoms.